The summed E-state index contributed by atoms with van der Waals surface area (Å²) in [4.78, 5) is 0. The van der Waals surface area contributed by atoms with Crippen LogP contribution in [0.4, 0.5) is 11.4 Å². The zero-order chi connectivity index (χ0) is 14.8. The molecule has 0 unspecified atom stereocenters. The van der Waals surface area contributed by atoms with E-state index in [0.29, 0.717) is 16.9 Å². The second-order valence-electron chi connectivity index (χ2n) is 3.92. The highest BCUT2D eigenvalue weighted by Crippen LogP contribution is 2.27. The molecule has 20 heavy (non-hydrogen) atoms. The third-order valence-corrected chi connectivity index (χ3v) is 4.52. The lowest BCUT2D eigenvalue weighted by atomic mass is 10.3. The summed E-state index contributed by atoms with van der Waals surface area (Å²) in [5, 5.41) is 8.03. The molecule has 4 N–H and O–H groups in total. The molecule has 1 aromatic heterocycles. The van der Waals surface area contributed by atoms with E-state index in [0.717, 1.165) is 15.9 Å². The Kier molecular flexibility index (Phi) is 4.74. The van der Waals surface area contributed by atoms with Gasteiger partial charge >= 0.3 is 0 Å². The minimum atomic E-state index is -3.77. The molecular weight excluding hydrogens is 414 g/mol. The zero-order valence-corrected chi connectivity index (χ0v) is 14.0. The molecule has 0 bridgehead atoms. The van der Waals surface area contributed by atoms with Crippen LogP contribution in [0.2, 0.25) is 0 Å². The van der Waals surface area contributed by atoms with Crippen LogP contribution in [0.3, 0.4) is 0 Å². The molecule has 1 aromatic carbocycles. The Labute approximate surface area is 133 Å². The van der Waals surface area contributed by atoms with E-state index < -0.39 is 10.2 Å². The summed E-state index contributed by atoms with van der Waals surface area (Å²) in [6, 6.07) is 8.60. The number of furan rings is 1. The molecule has 0 aliphatic rings. The van der Waals surface area contributed by atoms with E-state index in [9.17, 15) is 8.42 Å². The van der Waals surface area contributed by atoms with Crippen molar-refractivity contribution in [2.75, 3.05) is 10.0 Å². The van der Waals surface area contributed by atoms with E-state index in [-0.39, 0.29) is 0 Å². The summed E-state index contributed by atoms with van der Waals surface area (Å²) in [7, 11) is -3.77. The number of hydrogen-bond donors (Lipinski definition) is 3. The fourth-order valence-electron chi connectivity index (χ4n) is 1.52. The smallest absolute Gasteiger partial charge is 0.296 e. The quantitative estimate of drug-likeness (QED) is 0.686. The van der Waals surface area contributed by atoms with Crippen LogP contribution in [0.5, 0.6) is 0 Å². The maximum atomic E-state index is 11.0. The van der Waals surface area contributed by atoms with Crippen molar-refractivity contribution in [3.05, 3.63) is 45.2 Å². The molecule has 0 aliphatic carbocycles. The molecule has 0 aliphatic heterocycles. The lowest BCUT2D eigenvalue weighted by Crippen LogP contribution is -2.21. The molecule has 6 nitrogen and oxygen atoms in total. The van der Waals surface area contributed by atoms with Crippen LogP contribution >= 0.6 is 31.9 Å². The Morgan fingerprint density at radius 2 is 1.90 bits per heavy atom. The monoisotopic (exact) mass is 423 g/mol. The van der Waals surface area contributed by atoms with Gasteiger partial charge in [-0.2, -0.15) is 8.42 Å². The van der Waals surface area contributed by atoms with Crippen molar-refractivity contribution in [3.8, 4) is 0 Å². The van der Waals surface area contributed by atoms with Gasteiger partial charge < -0.3 is 9.73 Å². The Hall–Kier alpha value is -1.03. The number of halogens is 2. The van der Waals surface area contributed by atoms with Crippen molar-refractivity contribution in [1.82, 2.24) is 0 Å². The van der Waals surface area contributed by atoms with Crippen molar-refractivity contribution in [2.24, 2.45) is 5.14 Å². The Morgan fingerprint density at radius 3 is 2.50 bits per heavy atom. The third-order valence-electron chi connectivity index (χ3n) is 2.29. The fraction of sp³-hybridized carbons (Fsp3) is 0.0909. The standard InChI is InChI=1S/C11H11Br2N3O3S/c12-10-5-9(19-11(10)13)6-15-7-2-1-3-8(4-7)16-20(14,17)18/h1-5,15-16H,6H2,(H2,14,17,18). The molecule has 0 spiro atoms. The summed E-state index contributed by atoms with van der Waals surface area (Å²) >= 11 is 6.58. The molecule has 0 radical (unpaired) electrons. The van der Waals surface area contributed by atoms with Crippen molar-refractivity contribution in [2.45, 2.75) is 6.54 Å². The second-order valence-corrected chi connectivity index (χ2v) is 6.78. The van der Waals surface area contributed by atoms with Crippen molar-refractivity contribution >= 4 is 53.4 Å². The van der Waals surface area contributed by atoms with Crippen LogP contribution < -0.4 is 15.2 Å². The highest BCUT2D eigenvalue weighted by Gasteiger charge is 2.06. The normalized spacial score (nSPS) is 11.3. The van der Waals surface area contributed by atoms with Gasteiger partial charge in [0.2, 0.25) is 0 Å². The van der Waals surface area contributed by atoms with Crippen LogP contribution in [-0.4, -0.2) is 8.42 Å². The Morgan fingerprint density at radius 1 is 1.20 bits per heavy atom. The topological polar surface area (TPSA) is 97.4 Å². The Balaban J connectivity index is 2.04. The summed E-state index contributed by atoms with van der Waals surface area (Å²) < 4.78 is 31.0. The number of anilines is 2. The maximum absolute atomic E-state index is 11.0. The van der Waals surface area contributed by atoms with E-state index in [2.05, 4.69) is 41.9 Å². The van der Waals surface area contributed by atoms with Gasteiger partial charge in [0.15, 0.2) is 4.67 Å². The predicted octanol–water partition coefficient (Wildman–Crippen LogP) is 3.03. The number of rotatable bonds is 5. The molecule has 0 atom stereocenters. The SMILES string of the molecule is NS(=O)(=O)Nc1cccc(NCc2cc(Br)c(Br)o2)c1. The van der Waals surface area contributed by atoms with Crippen molar-refractivity contribution in [3.63, 3.8) is 0 Å². The van der Waals surface area contributed by atoms with Gasteiger partial charge in [-0.15, -0.1) is 0 Å². The van der Waals surface area contributed by atoms with Crippen LogP contribution in [0.25, 0.3) is 0 Å². The molecule has 1 heterocycles. The minimum Gasteiger partial charge on any atom is -0.451 e. The molecule has 2 rings (SSSR count). The van der Waals surface area contributed by atoms with E-state index in [1.165, 1.54) is 0 Å². The average Bonchev–Trinajstić information content (AvgIpc) is 2.65. The number of nitrogens with two attached hydrogens (primary N) is 1. The lowest BCUT2D eigenvalue weighted by Gasteiger charge is -2.07. The molecule has 0 saturated carbocycles. The summed E-state index contributed by atoms with van der Waals surface area (Å²) in [6.45, 7) is 0.461. The van der Waals surface area contributed by atoms with Gasteiger partial charge in [0.05, 0.1) is 16.7 Å². The highest BCUT2D eigenvalue weighted by atomic mass is 79.9. The first-order valence-corrected chi connectivity index (χ1v) is 8.55. The first kappa shape index (κ1) is 15.4. The van der Waals surface area contributed by atoms with Crippen LogP contribution in [0.1, 0.15) is 5.76 Å². The van der Waals surface area contributed by atoms with Crippen molar-refractivity contribution < 1.29 is 12.8 Å². The zero-order valence-electron chi connectivity index (χ0n) is 10.1. The van der Waals surface area contributed by atoms with Gasteiger partial charge in [0.25, 0.3) is 10.2 Å². The first-order valence-electron chi connectivity index (χ1n) is 5.42. The number of hydrogen-bond acceptors (Lipinski definition) is 4. The van der Waals surface area contributed by atoms with Gasteiger partial charge in [-0.1, -0.05) is 6.07 Å². The van der Waals surface area contributed by atoms with Gasteiger partial charge in [0.1, 0.15) is 5.76 Å². The van der Waals surface area contributed by atoms with E-state index in [4.69, 9.17) is 9.56 Å². The predicted molar refractivity (Wildman–Crippen MR) is 84.6 cm³/mol. The number of nitrogens with one attached hydrogen (secondary N) is 2. The third kappa shape index (κ3) is 4.51. The Bertz CT molecular complexity index is 696. The van der Waals surface area contributed by atoms with Gasteiger partial charge in [-0.3, -0.25) is 4.72 Å². The van der Waals surface area contributed by atoms with Crippen LogP contribution in [0, 0.1) is 0 Å². The molecule has 0 amide bonds. The molecular formula is C11H11Br2N3O3S. The second kappa shape index (κ2) is 6.17. The maximum Gasteiger partial charge on any atom is 0.296 e. The first-order chi connectivity index (χ1) is 9.33. The largest absolute Gasteiger partial charge is 0.451 e. The van der Waals surface area contributed by atoms with Crippen LogP contribution in [-0.2, 0) is 16.8 Å². The molecule has 2 aromatic rings. The lowest BCUT2D eigenvalue weighted by molar-refractivity contribution is 0.494. The minimum absolute atomic E-state index is 0.388. The summed E-state index contributed by atoms with van der Waals surface area (Å²) in [5.41, 5.74) is 1.13. The van der Waals surface area contributed by atoms with E-state index in [1.807, 2.05) is 6.07 Å². The van der Waals surface area contributed by atoms with E-state index in [1.54, 1.807) is 24.3 Å². The highest BCUT2D eigenvalue weighted by molar-refractivity contribution is 9.13. The fourth-order valence-corrected chi connectivity index (χ4v) is 2.64. The van der Waals surface area contributed by atoms with Crippen molar-refractivity contribution in [1.29, 1.82) is 0 Å². The summed E-state index contributed by atoms with van der Waals surface area (Å²) in [5.74, 6) is 0.730. The summed E-state index contributed by atoms with van der Waals surface area (Å²) in [6.07, 6.45) is 0. The van der Waals surface area contributed by atoms with Gasteiger partial charge in [0, 0.05) is 5.69 Å². The molecule has 0 fully saturated rings. The molecule has 108 valence electrons. The molecule has 9 heteroatoms. The molecule has 0 saturated heterocycles. The number of benzene rings is 1. The van der Waals surface area contributed by atoms with Crippen LogP contribution in [0.15, 0.2) is 43.9 Å². The van der Waals surface area contributed by atoms with E-state index >= 15 is 0 Å². The average molecular weight is 425 g/mol. The van der Waals surface area contributed by atoms with Gasteiger partial charge in [-0.05, 0) is 56.1 Å². The van der Waals surface area contributed by atoms with Gasteiger partial charge in [-0.25, -0.2) is 5.14 Å².